The van der Waals surface area contributed by atoms with Crippen LogP contribution in [-0.4, -0.2) is 61.9 Å². The van der Waals surface area contributed by atoms with Crippen molar-refractivity contribution in [3.8, 4) is 16.9 Å². The molecule has 0 bridgehead atoms. The van der Waals surface area contributed by atoms with Crippen molar-refractivity contribution in [3.05, 3.63) is 106 Å². The number of pyridine rings is 1. The van der Waals surface area contributed by atoms with Crippen molar-refractivity contribution in [2.24, 2.45) is 7.05 Å². The van der Waals surface area contributed by atoms with E-state index in [9.17, 15) is 9.59 Å². The zero-order valence-electron chi connectivity index (χ0n) is 27.4. The highest BCUT2D eigenvalue weighted by atomic mass is 35.5. The molecule has 3 aromatic heterocycles. The van der Waals surface area contributed by atoms with E-state index in [0.29, 0.717) is 52.4 Å². The highest BCUT2D eigenvalue weighted by molar-refractivity contribution is 6.36. The molecule has 2 amide bonds. The Morgan fingerprint density at radius 1 is 0.938 bits per heavy atom. The van der Waals surface area contributed by atoms with Gasteiger partial charge in [0.05, 0.1) is 41.6 Å². The zero-order valence-corrected chi connectivity index (χ0v) is 28.1. The van der Waals surface area contributed by atoms with Crippen LogP contribution in [0, 0.1) is 13.8 Å². The van der Waals surface area contributed by atoms with Crippen molar-refractivity contribution < 1.29 is 14.3 Å². The van der Waals surface area contributed by atoms with Crippen LogP contribution >= 0.6 is 11.6 Å². The van der Waals surface area contributed by atoms with E-state index in [1.54, 1.807) is 37.8 Å². The Bertz CT molecular complexity index is 2010. The molecule has 48 heavy (non-hydrogen) atoms. The predicted octanol–water partition coefficient (Wildman–Crippen LogP) is 5.66. The van der Waals surface area contributed by atoms with Crippen LogP contribution in [0.5, 0.6) is 5.75 Å². The molecule has 0 unspecified atom stereocenters. The summed E-state index contributed by atoms with van der Waals surface area (Å²) in [6.45, 7) is 5.78. The first kappa shape index (κ1) is 32.6. The Labute approximate surface area is 283 Å². The third-order valence-electron chi connectivity index (χ3n) is 8.41. The van der Waals surface area contributed by atoms with E-state index in [1.807, 2.05) is 62.8 Å². The van der Waals surface area contributed by atoms with Gasteiger partial charge in [-0.05, 0) is 44.2 Å². The van der Waals surface area contributed by atoms with Crippen LogP contribution in [0.1, 0.15) is 49.3 Å². The van der Waals surface area contributed by atoms with Gasteiger partial charge in [-0.25, -0.2) is 9.97 Å². The number of nitrogens with zero attached hydrogens (tertiary/aromatic N) is 6. The summed E-state index contributed by atoms with van der Waals surface area (Å²) >= 11 is 6.91. The number of hydrogen-bond acceptors (Lipinski definition) is 9. The average molecular weight is 666 g/mol. The maximum Gasteiger partial charge on any atom is 0.291 e. The van der Waals surface area contributed by atoms with Crippen molar-refractivity contribution >= 4 is 40.6 Å². The van der Waals surface area contributed by atoms with E-state index in [2.05, 4.69) is 40.8 Å². The van der Waals surface area contributed by atoms with Crippen molar-refractivity contribution in [1.82, 2.24) is 29.4 Å². The maximum atomic E-state index is 13.4. The lowest BCUT2D eigenvalue weighted by Crippen LogP contribution is -2.27. The fourth-order valence-electron chi connectivity index (χ4n) is 5.71. The molecule has 0 atom stereocenters. The minimum Gasteiger partial charge on any atom is -0.496 e. The van der Waals surface area contributed by atoms with Crippen molar-refractivity contribution in [1.29, 1.82) is 0 Å². The van der Waals surface area contributed by atoms with Gasteiger partial charge in [-0.3, -0.25) is 19.6 Å². The number of fused-ring (bicyclic) bond motifs is 1. The van der Waals surface area contributed by atoms with Crippen LogP contribution in [0.25, 0.3) is 11.1 Å². The quantitative estimate of drug-likeness (QED) is 0.182. The first-order chi connectivity index (χ1) is 23.1. The number of benzene rings is 2. The Morgan fingerprint density at radius 2 is 1.69 bits per heavy atom. The first-order valence-electron chi connectivity index (χ1n) is 15.4. The van der Waals surface area contributed by atoms with E-state index in [4.69, 9.17) is 16.3 Å². The third-order valence-corrected chi connectivity index (χ3v) is 8.81. The second-order valence-corrected chi connectivity index (χ2v) is 12.1. The standard InChI is InChI=1S/C35H36ClN9O3/c1-20-15-39-31(18-37-20)40-17-22-16-38-27(14-30(22)48-5)34(46)42-25-10-6-8-23(21(25)2)24-9-7-11-26(32(24)36)43-35(47)33-41-28-19-44(3)13-12-29(28)45(33)4/h6-11,14-16,18H,12-13,17,19H2,1-5H3,(H,39,40)(H,42,46)(H,43,47). The molecule has 0 aliphatic carbocycles. The second-order valence-electron chi connectivity index (χ2n) is 11.7. The summed E-state index contributed by atoms with van der Waals surface area (Å²) in [5.74, 6) is 0.741. The molecule has 2 aromatic carbocycles. The van der Waals surface area contributed by atoms with Crippen molar-refractivity contribution in [2.75, 3.05) is 36.7 Å². The molecule has 0 spiro atoms. The van der Waals surface area contributed by atoms with Gasteiger partial charge in [-0.1, -0.05) is 35.9 Å². The minimum atomic E-state index is -0.395. The number of rotatable bonds is 9. The van der Waals surface area contributed by atoms with Crippen LogP contribution < -0.4 is 20.7 Å². The van der Waals surface area contributed by atoms with Crippen LogP contribution in [0.15, 0.2) is 61.1 Å². The normalized spacial score (nSPS) is 12.7. The fourth-order valence-corrected chi connectivity index (χ4v) is 5.98. The van der Waals surface area contributed by atoms with Crippen LogP contribution in [0.2, 0.25) is 5.02 Å². The predicted molar refractivity (Wildman–Crippen MR) is 186 cm³/mol. The lowest BCUT2D eigenvalue weighted by molar-refractivity contribution is 0.100. The van der Waals surface area contributed by atoms with E-state index in [-0.39, 0.29) is 11.6 Å². The Kier molecular flexibility index (Phi) is 9.37. The number of methoxy groups -OCH3 is 1. The number of carbonyl (C=O) groups excluding carboxylic acids is 2. The number of anilines is 3. The van der Waals surface area contributed by atoms with Gasteiger partial charge in [0, 0.05) is 67.9 Å². The van der Waals surface area contributed by atoms with Gasteiger partial charge < -0.3 is 30.2 Å². The summed E-state index contributed by atoms with van der Waals surface area (Å²) in [6, 6.07) is 12.6. The Morgan fingerprint density at radius 3 is 2.44 bits per heavy atom. The number of aryl methyl sites for hydroxylation is 1. The SMILES string of the molecule is COc1cc(C(=O)Nc2cccc(-c3cccc(NC(=O)c4nc5c(n4C)CCN(C)C5)c3Cl)c2C)ncc1CNc1cnc(C)cn1. The molecule has 1 aliphatic heterocycles. The summed E-state index contributed by atoms with van der Waals surface area (Å²) in [5, 5.41) is 9.49. The second kappa shape index (κ2) is 13.8. The third kappa shape index (κ3) is 6.71. The monoisotopic (exact) mass is 665 g/mol. The molecular formula is C35H36ClN9O3. The van der Waals surface area contributed by atoms with Crippen LogP contribution in [-0.2, 0) is 26.6 Å². The number of halogens is 1. The number of aromatic nitrogens is 5. The topological polar surface area (TPSA) is 139 Å². The summed E-state index contributed by atoms with van der Waals surface area (Å²) in [4.78, 5) is 46.4. The number of likely N-dealkylation sites (N-methyl/N-ethyl adjacent to an activating group) is 1. The highest BCUT2D eigenvalue weighted by Gasteiger charge is 2.25. The van der Waals surface area contributed by atoms with E-state index in [1.165, 1.54) is 0 Å². The molecule has 0 radical (unpaired) electrons. The summed E-state index contributed by atoms with van der Waals surface area (Å²) in [7, 11) is 5.45. The number of amides is 2. The lowest BCUT2D eigenvalue weighted by atomic mass is 9.98. The Balaban J connectivity index is 1.18. The van der Waals surface area contributed by atoms with E-state index >= 15 is 0 Å². The Hall–Kier alpha value is -5.33. The molecule has 3 N–H and O–H groups in total. The first-order valence-corrected chi connectivity index (χ1v) is 15.8. The highest BCUT2D eigenvalue weighted by Crippen LogP contribution is 2.38. The van der Waals surface area contributed by atoms with Gasteiger partial charge in [0.1, 0.15) is 17.3 Å². The average Bonchev–Trinajstić information content (AvgIpc) is 3.41. The van der Waals surface area contributed by atoms with Gasteiger partial charge in [-0.2, -0.15) is 0 Å². The summed E-state index contributed by atoms with van der Waals surface area (Å²) < 4.78 is 7.42. The molecule has 12 nitrogen and oxygen atoms in total. The number of hydrogen-bond donors (Lipinski definition) is 3. The lowest BCUT2D eigenvalue weighted by Gasteiger charge is -2.21. The molecular weight excluding hydrogens is 630 g/mol. The van der Waals surface area contributed by atoms with Gasteiger partial charge in [0.2, 0.25) is 0 Å². The molecule has 0 saturated carbocycles. The smallest absolute Gasteiger partial charge is 0.291 e. The van der Waals surface area contributed by atoms with Gasteiger partial charge in [-0.15, -0.1) is 0 Å². The molecule has 5 aromatic rings. The minimum absolute atomic E-state index is 0.195. The maximum absolute atomic E-state index is 13.4. The summed E-state index contributed by atoms with van der Waals surface area (Å²) in [6.07, 6.45) is 5.77. The molecule has 13 heteroatoms. The van der Waals surface area contributed by atoms with Gasteiger partial charge in [0.25, 0.3) is 11.8 Å². The van der Waals surface area contributed by atoms with E-state index in [0.717, 1.165) is 46.7 Å². The molecule has 6 rings (SSSR count). The zero-order chi connectivity index (χ0) is 33.9. The largest absolute Gasteiger partial charge is 0.496 e. The van der Waals surface area contributed by atoms with Crippen LogP contribution in [0.3, 0.4) is 0 Å². The number of nitrogens with one attached hydrogen (secondary N) is 3. The molecule has 0 saturated heterocycles. The molecule has 246 valence electrons. The summed E-state index contributed by atoms with van der Waals surface area (Å²) in [5.41, 5.74) is 7.13. The number of imidazole rings is 1. The molecule has 4 heterocycles. The van der Waals surface area contributed by atoms with Gasteiger partial charge in [0.15, 0.2) is 5.82 Å². The number of ether oxygens (including phenoxy) is 1. The molecule has 1 aliphatic rings. The van der Waals surface area contributed by atoms with Crippen LogP contribution in [0.4, 0.5) is 17.2 Å². The fraction of sp³-hybridized carbons (Fsp3) is 0.257. The van der Waals surface area contributed by atoms with Crippen molar-refractivity contribution in [2.45, 2.75) is 33.4 Å². The molecule has 0 fully saturated rings. The van der Waals surface area contributed by atoms with E-state index < -0.39 is 5.91 Å². The van der Waals surface area contributed by atoms with Gasteiger partial charge >= 0.3 is 0 Å². The number of carbonyl (C=O) groups is 2. The van der Waals surface area contributed by atoms with Crippen molar-refractivity contribution in [3.63, 3.8) is 0 Å².